The maximum atomic E-state index is 12.2. The van der Waals surface area contributed by atoms with Crippen LogP contribution in [0.5, 0.6) is 0 Å². The van der Waals surface area contributed by atoms with E-state index in [1.165, 1.54) is 0 Å². The van der Waals surface area contributed by atoms with Crippen LogP contribution in [0, 0.1) is 5.41 Å². The normalized spacial score (nSPS) is 14.4. The van der Waals surface area contributed by atoms with E-state index in [4.69, 9.17) is 16.7 Å². The summed E-state index contributed by atoms with van der Waals surface area (Å²) in [6.07, 6.45) is 2.63. The molecule has 0 amide bonds. The minimum atomic E-state index is -3.73. The minimum absolute atomic E-state index is 0.0123. The molecule has 1 heterocycles. The number of aliphatic hydroxyl groups excluding tert-OH is 1. The number of nitrogens with zero attached hydrogens (tertiary/aromatic N) is 2. The number of aromatic nitrogens is 2. The molecule has 6 nitrogen and oxygen atoms in total. The van der Waals surface area contributed by atoms with Crippen LogP contribution in [-0.2, 0) is 10.0 Å². The largest absolute Gasteiger partial charge is 0.396 e. The fourth-order valence-corrected chi connectivity index (χ4v) is 2.95. The molecule has 0 aromatic carbocycles. The number of nitrogens with one attached hydrogen (secondary N) is 1. The molecule has 0 bridgehead atoms. The van der Waals surface area contributed by atoms with Crippen molar-refractivity contribution < 1.29 is 13.5 Å². The Morgan fingerprint density at radius 2 is 1.89 bits per heavy atom. The Bertz CT molecular complexity index is 511. The van der Waals surface area contributed by atoms with Gasteiger partial charge in [-0.3, -0.25) is 0 Å². The second kappa shape index (κ2) is 6.13. The third-order valence-corrected chi connectivity index (χ3v) is 4.29. The second-order valence-electron chi connectivity index (χ2n) is 5.24. The second-order valence-corrected chi connectivity index (χ2v) is 7.29. The van der Waals surface area contributed by atoms with Crippen LogP contribution in [-0.4, -0.2) is 36.1 Å². The summed E-state index contributed by atoms with van der Waals surface area (Å²) >= 11 is 5.52. The molecule has 0 aliphatic heterocycles. The molecular weight excluding hydrogens is 290 g/mol. The van der Waals surface area contributed by atoms with Crippen molar-refractivity contribution in [3.63, 3.8) is 0 Å². The lowest BCUT2D eigenvalue weighted by Crippen LogP contribution is -2.44. The van der Waals surface area contributed by atoms with Crippen LogP contribution < -0.4 is 4.72 Å². The zero-order valence-corrected chi connectivity index (χ0v) is 12.7. The Balaban J connectivity index is 2.97. The molecule has 1 atom stereocenters. The van der Waals surface area contributed by atoms with Crippen molar-refractivity contribution in [2.45, 2.75) is 38.1 Å². The van der Waals surface area contributed by atoms with Crippen LogP contribution in [0.4, 0.5) is 0 Å². The lowest BCUT2D eigenvalue weighted by atomic mass is 9.86. The molecule has 0 fully saturated rings. The fraction of sp³-hybridized carbons (Fsp3) is 0.636. The van der Waals surface area contributed by atoms with Crippen LogP contribution in [0.3, 0.4) is 0 Å². The predicted molar refractivity (Wildman–Crippen MR) is 72.3 cm³/mol. The van der Waals surface area contributed by atoms with Gasteiger partial charge in [0.05, 0.1) is 12.4 Å². The molecule has 2 N–H and O–H groups in total. The highest BCUT2D eigenvalue weighted by molar-refractivity contribution is 7.89. The van der Waals surface area contributed by atoms with E-state index in [0.717, 1.165) is 12.4 Å². The summed E-state index contributed by atoms with van der Waals surface area (Å²) in [5, 5.41) is 9.01. The predicted octanol–water partition coefficient (Wildman–Crippen LogP) is 1.21. The van der Waals surface area contributed by atoms with E-state index >= 15 is 0 Å². The number of aliphatic hydroxyl groups is 1. The summed E-state index contributed by atoms with van der Waals surface area (Å²) < 4.78 is 26.9. The topological polar surface area (TPSA) is 92.2 Å². The standard InChI is InChI=1S/C11H18ClN3O3S/c1-11(2,3)9(4-5-16)15-19(17,18)8-6-13-10(12)14-7-8/h6-7,9,15-16H,4-5H2,1-3H3. The van der Waals surface area contributed by atoms with Gasteiger partial charge in [0, 0.05) is 12.6 Å². The first kappa shape index (κ1) is 16.3. The highest BCUT2D eigenvalue weighted by Gasteiger charge is 2.29. The molecule has 1 aromatic rings. The van der Waals surface area contributed by atoms with Gasteiger partial charge in [0.15, 0.2) is 0 Å². The van der Waals surface area contributed by atoms with E-state index < -0.39 is 16.1 Å². The molecule has 0 spiro atoms. The van der Waals surface area contributed by atoms with Gasteiger partial charge in [-0.2, -0.15) is 0 Å². The Kier molecular flexibility index (Phi) is 5.26. The lowest BCUT2D eigenvalue weighted by molar-refractivity contribution is 0.214. The van der Waals surface area contributed by atoms with E-state index in [1.807, 2.05) is 20.8 Å². The Morgan fingerprint density at radius 1 is 1.37 bits per heavy atom. The summed E-state index contributed by atoms with van der Waals surface area (Å²) in [5.74, 6) is 0. The maximum absolute atomic E-state index is 12.2. The average Bonchev–Trinajstić information content (AvgIpc) is 2.27. The fourth-order valence-electron chi connectivity index (χ4n) is 1.49. The highest BCUT2D eigenvalue weighted by atomic mass is 35.5. The van der Waals surface area contributed by atoms with E-state index in [9.17, 15) is 8.42 Å². The van der Waals surface area contributed by atoms with Crippen molar-refractivity contribution >= 4 is 21.6 Å². The third-order valence-electron chi connectivity index (χ3n) is 2.67. The molecule has 108 valence electrons. The number of hydrogen-bond donors (Lipinski definition) is 2. The Morgan fingerprint density at radius 3 is 2.32 bits per heavy atom. The van der Waals surface area contributed by atoms with Gasteiger partial charge >= 0.3 is 0 Å². The van der Waals surface area contributed by atoms with Gasteiger partial charge in [-0.05, 0) is 23.4 Å². The number of halogens is 1. The van der Waals surface area contributed by atoms with Crippen molar-refractivity contribution in [2.24, 2.45) is 5.41 Å². The zero-order chi connectivity index (χ0) is 14.7. The quantitative estimate of drug-likeness (QED) is 0.798. The van der Waals surface area contributed by atoms with Crippen molar-refractivity contribution in [1.29, 1.82) is 0 Å². The summed E-state index contributed by atoms with van der Waals surface area (Å²) in [4.78, 5) is 7.24. The van der Waals surface area contributed by atoms with Crippen LogP contribution in [0.15, 0.2) is 17.3 Å². The minimum Gasteiger partial charge on any atom is -0.396 e. The van der Waals surface area contributed by atoms with Crippen LogP contribution in [0.1, 0.15) is 27.2 Å². The van der Waals surface area contributed by atoms with Gasteiger partial charge < -0.3 is 5.11 Å². The molecule has 1 rings (SSSR count). The molecule has 19 heavy (non-hydrogen) atoms. The SMILES string of the molecule is CC(C)(C)C(CCO)NS(=O)(=O)c1cnc(Cl)nc1. The third kappa shape index (κ3) is 4.68. The van der Waals surface area contributed by atoms with Crippen molar-refractivity contribution in [3.05, 3.63) is 17.7 Å². The number of sulfonamides is 1. The maximum Gasteiger partial charge on any atom is 0.243 e. The van der Waals surface area contributed by atoms with Gasteiger partial charge in [-0.15, -0.1) is 0 Å². The van der Waals surface area contributed by atoms with Gasteiger partial charge in [-0.1, -0.05) is 20.8 Å². The summed E-state index contributed by atoms with van der Waals surface area (Å²) in [7, 11) is -3.73. The summed E-state index contributed by atoms with van der Waals surface area (Å²) in [5.41, 5.74) is -0.316. The van der Waals surface area contributed by atoms with Crippen molar-refractivity contribution in [2.75, 3.05) is 6.61 Å². The van der Waals surface area contributed by atoms with Gasteiger partial charge in [0.1, 0.15) is 4.90 Å². The summed E-state index contributed by atoms with van der Waals surface area (Å²) in [6, 6.07) is -0.391. The van der Waals surface area contributed by atoms with Gasteiger partial charge in [0.25, 0.3) is 0 Å². The highest BCUT2D eigenvalue weighted by Crippen LogP contribution is 2.23. The molecule has 0 saturated carbocycles. The average molecular weight is 308 g/mol. The Hall–Kier alpha value is -0.760. The first-order chi connectivity index (χ1) is 8.66. The van der Waals surface area contributed by atoms with Gasteiger partial charge in [-0.25, -0.2) is 23.1 Å². The number of hydrogen-bond acceptors (Lipinski definition) is 5. The summed E-state index contributed by atoms with van der Waals surface area (Å²) in [6.45, 7) is 5.60. The molecule has 8 heteroatoms. The van der Waals surface area contributed by atoms with E-state index in [0.29, 0.717) is 6.42 Å². The first-order valence-corrected chi connectivity index (χ1v) is 7.63. The molecule has 0 radical (unpaired) electrons. The van der Waals surface area contributed by atoms with E-state index in [1.54, 1.807) is 0 Å². The van der Waals surface area contributed by atoms with Crippen LogP contribution >= 0.6 is 11.6 Å². The number of rotatable bonds is 5. The molecule has 1 aromatic heterocycles. The van der Waals surface area contributed by atoms with Crippen molar-refractivity contribution in [1.82, 2.24) is 14.7 Å². The Labute approximate surface area is 118 Å². The molecule has 0 aliphatic carbocycles. The zero-order valence-electron chi connectivity index (χ0n) is 11.1. The molecule has 0 aliphatic rings. The monoisotopic (exact) mass is 307 g/mol. The first-order valence-electron chi connectivity index (χ1n) is 5.77. The molecule has 1 unspecified atom stereocenters. The van der Waals surface area contributed by atoms with Crippen LogP contribution in [0.25, 0.3) is 0 Å². The van der Waals surface area contributed by atoms with Crippen molar-refractivity contribution in [3.8, 4) is 0 Å². The molecular formula is C11H18ClN3O3S. The van der Waals surface area contributed by atoms with E-state index in [-0.39, 0.29) is 22.2 Å². The lowest BCUT2D eigenvalue weighted by Gasteiger charge is -2.30. The van der Waals surface area contributed by atoms with Gasteiger partial charge in [0.2, 0.25) is 15.3 Å². The smallest absolute Gasteiger partial charge is 0.243 e. The van der Waals surface area contributed by atoms with E-state index in [2.05, 4.69) is 14.7 Å². The van der Waals surface area contributed by atoms with Crippen LogP contribution in [0.2, 0.25) is 5.28 Å². The molecule has 0 saturated heterocycles.